The minimum Gasteiger partial charge on any atom is -0.390 e. The molecule has 1 heterocycles. The predicted molar refractivity (Wildman–Crippen MR) is 96.2 cm³/mol. The number of nitrogens with zero attached hydrogens (tertiary/aromatic N) is 2. The van der Waals surface area contributed by atoms with Gasteiger partial charge < -0.3 is 19.7 Å². The summed E-state index contributed by atoms with van der Waals surface area (Å²) >= 11 is 0. The largest absolute Gasteiger partial charge is 0.390 e. The number of aromatic nitrogens is 2. The number of carbonyl (C=O) groups excluding carboxylic acids is 1. The van der Waals surface area contributed by atoms with Crippen LogP contribution >= 0.6 is 0 Å². The highest BCUT2D eigenvalue weighted by atomic mass is 16.5. The van der Waals surface area contributed by atoms with Gasteiger partial charge in [-0.2, -0.15) is 0 Å². The number of carbonyl (C=O) groups is 1. The fourth-order valence-corrected chi connectivity index (χ4v) is 3.63. The van der Waals surface area contributed by atoms with Gasteiger partial charge >= 0.3 is 0 Å². The minimum atomic E-state index is -0.452. The summed E-state index contributed by atoms with van der Waals surface area (Å²) in [6, 6.07) is 8.10. The molecule has 25 heavy (non-hydrogen) atoms. The number of fused-ring (bicyclic) bond motifs is 1. The molecule has 0 radical (unpaired) electrons. The Morgan fingerprint density at radius 3 is 2.96 bits per heavy atom. The van der Waals surface area contributed by atoms with Gasteiger partial charge in [0.1, 0.15) is 5.82 Å². The molecule has 2 aromatic rings. The molecule has 0 spiro atoms. The lowest BCUT2D eigenvalue weighted by atomic mass is 9.84. The maximum absolute atomic E-state index is 12.3. The van der Waals surface area contributed by atoms with Crippen LogP contribution in [-0.2, 0) is 23.0 Å². The third kappa shape index (κ3) is 4.02. The number of nitrogens with one attached hydrogen (secondary N) is 1. The van der Waals surface area contributed by atoms with Gasteiger partial charge in [-0.25, -0.2) is 4.98 Å². The third-order valence-electron chi connectivity index (χ3n) is 5.19. The molecule has 1 aromatic carbocycles. The highest BCUT2D eigenvalue weighted by Gasteiger charge is 2.32. The monoisotopic (exact) mass is 345 g/mol. The van der Waals surface area contributed by atoms with Gasteiger partial charge in [0.25, 0.3) is 0 Å². The van der Waals surface area contributed by atoms with Crippen LogP contribution < -0.4 is 5.32 Å². The van der Waals surface area contributed by atoms with E-state index in [1.54, 1.807) is 7.11 Å². The van der Waals surface area contributed by atoms with Crippen molar-refractivity contribution in [3.8, 4) is 0 Å². The van der Waals surface area contributed by atoms with Crippen LogP contribution in [0.3, 0.4) is 0 Å². The van der Waals surface area contributed by atoms with E-state index in [0.29, 0.717) is 19.4 Å². The van der Waals surface area contributed by atoms with E-state index in [0.717, 1.165) is 36.1 Å². The summed E-state index contributed by atoms with van der Waals surface area (Å²) in [5.41, 5.74) is 2.14. The minimum absolute atomic E-state index is 0.0656. The number of methoxy groups -OCH3 is 1. The molecule has 1 aliphatic carbocycles. The molecule has 0 aliphatic heterocycles. The highest BCUT2D eigenvalue weighted by molar-refractivity contribution is 5.78. The zero-order valence-corrected chi connectivity index (χ0v) is 14.9. The first-order valence-corrected chi connectivity index (χ1v) is 8.99. The Morgan fingerprint density at radius 1 is 1.40 bits per heavy atom. The molecule has 1 aromatic heterocycles. The number of para-hydroxylation sites is 2. The molecular formula is C19H27N3O3. The zero-order chi connectivity index (χ0) is 17.8. The number of aliphatic hydroxyl groups excluding tert-OH is 1. The zero-order valence-electron chi connectivity index (χ0n) is 14.9. The van der Waals surface area contributed by atoms with Gasteiger partial charge in [-0.15, -0.1) is 0 Å². The van der Waals surface area contributed by atoms with Gasteiger partial charge in [0, 0.05) is 33.0 Å². The van der Waals surface area contributed by atoms with Crippen LogP contribution in [0.1, 0.15) is 31.5 Å². The van der Waals surface area contributed by atoms with Crippen molar-refractivity contribution in [1.82, 2.24) is 14.9 Å². The number of amides is 1. The maximum atomic E-state index is 12.3. The van der Waals surface area contributed by atoms with Crippen molar-refractivity contribution in [1.29, 1.82) is 0 Å². The molecule has 136 valence electrons. The number of hydrogen-bond acceptors (Lipinski definition) is 4. The van der Waals surface area contributed by atoms with E-state index in [1.807, 2.05) is 25.2 Å². The topological polar surface area (TPSA) is 76.4 Å². The van der Waals surface area contributed by atoms with Crippen molar-refractivity contribution in [2.24, 2.45) is 13.0 Å². The van der Waals surface area contributed by atoms with Crippen LogP contribution in [0.4, 0.5) is 0 Å². The van der Waals surface area contributed by atoms with Crippen molar-refractivity contribution in [3.05, 3.63) is 30.1 Å². The van der Waals surface area contributed by atoms with E-state index in [-0.39, 0.29) is 17.9 Å². The molecule has 3 atom stereocenters. The molecular weight excluding hydrogens is 318 g/mol. The number of ether oxygens (including phenoxy) is 1. The second-order valence-electron chi connectivity index (χ2n) is 6.82. The Bertz CT molecular complexity index is 728. The van der Waals surface area contributed by atoms with Crippen LogP contribution in [0, 0.1) is 5.92 Å². The normalized spacial score (nSPS) is 23.7. The molecule has 3 rings (SSSR count). The Kier molecular flexibility index (Phi) is 5.71. The van der Waals surface area contributed by atoms with E-state index in [2.05, 4.69) is 20.9 Å². The molecule has 1 saturated carbocycles. The first-order chi connectivity index (χ1) is 12.1. The Morgan fingerprint density at radius 2 is 2.20 bits per heavy atom. The number of hydrogen-bond donors (Lipinski definition) is 2. The van der Waals surface area contributed by atoms with Crippen molar-refractivity contribution in [3.63, 3.8) is 0 Å². The van der Waals surface area contributed by atoms with E-state index in [9.17, 15) is 9.90 Å². The SMILES string of the molecule is CO[C@@H]1C[C@H](C(=O)NCCCc2nc3ccccc3n2C)CC[C@@H]1O. The maximum Gasteiger partial charge on any atom is 0.223 e. The molecule has 1 fully saturated rings. The Hall–Kier alpha value is -1.92. The number of benzene rings is 1. The van der Waals surface area contributed by atoms with Gasteiger partial charge in [0.15, 0.2) is 0 Å². The molecule has 1 aliphatic rings. The van der Waals surface area contributed by atoms with Crippen LogP contribution in [-0.4, -0.2) is 46.4 Å². The number of imidazole rings is 1. The summed E-state index contributed by atoms with van der Waals surface area (Å²) in [6.07, 6.45) is 2.93. The summed E-state index contributed by atoms with van der Waals surface area (Å²) in [7, 11) is 3.62. The fourth-order valence-electron chi connectivity index (χ4n) is 3.63. The summed E-state index contributed by atoms with van der Waals surface area (Å²) in [5, 5.41) is 12.9. The molecule has 2 N–H and O–H groups in total. The van der Waals surface area contributed by atoms with E-state index in [1.165, 1.54) is 0 Å². The van der Waals surface area contributed by atoms with Gasteiger partial charge in [-0.05, 0) is 37.8 Å². The van der Waals surface area contributed by atoms with Crippen LogP contribution in [0.5, 0.6) is 0 Å². The summed E-state index contributed by atoms with van der Waals surface area (Å²) in [4.78, 5) is 17.0. The molecule has 1 amide bonds. The van der Waals surface area contributed by atoms with E-state index >= 15 is 0 Å². The first-order valence-electron chi connectivity index (χ1n) is 8.99. The molecule has 0 bridgehead atoms. The highest BCUT2D eigenvalue weighted by Crippen LogP contribution is 2.26. The van der Waals surface area contributed by atoms with Crippen LogP contribution in [0.2, 0.25) is 0 Å². The van der Waals surface area contributed by atoms with Crippen molar-refractivity contribution in [2.45, 2.75) is 44.3 Å². The van der Waals surface area contributed by atoms with E-state index in [4.69, 9.17) is 4.74 Å². The number of aryl methyl sites for hydroxylation is 2. The molecule has 6 heteroatoms. The lowest BCUT2D eigenvalue weighted by molar-refractivity contribution is -0.130. The lowest BCUT2D eigenvalue weighted by Crippen LogP contribution is -2.41. The lowest BCUT2D eigenvalue weighted by Gasteiger charge is -2.31. The second kappa shape index (κ2) is 7.97. The number of aliphatic hydroxyl groups is 1. The second-order valence-corrected chi connectivity index (χ2v) is 6.82. The van der Waals surface area contributed by atoms with E-state index < -0.39 is 6.10 Å². The molecule has 0 saturated heterocycles. The van der Waals surface area contributed by atoms with Gasteiger partial charge in [0.2, 0.25) is 5.91 Å². The first kappa shape index (κ1) is 17.9. The smallest absolute Gasteiger partial charge is 0.223 e. The van der Waals surface area contributed by atoms with Gasteiger partial charge in [-0.1, -0.05) is 12.1 Å². The third-order valence-corrected chi connectivity index (χ3v) is 5.19. The van der Waals surface area contributed by atoms with Crippen molar-refractivity contribution >= 4 is 16.9 Å². The Labute approximate surface area is 148 Å². The van der Waals surface area contributed by atoms with Gasteiger partial charge in [0.05, 0.1) is 23.2 Å². The van der Waals surface area contributed by atoms with Crippen molar-refractivity contribution < 1.29 is 14.6 Å². The van der Waals surface area contributed by atoms with Crippen LogP contribution in [0.25, 0.3) is 11.0 Å². The standard InChI is InChI=1S/C19H27N3O3/c1-22-15-7-4-3-6-14(15)21-18(22)8-5-11-20-19(24)13-9-10-16(23)17(12-13)25-2/h3-4,6-7,13,16-17,23H,5,8-12H2,1-2H3,(H,20,24)/t13-,16+,17-/m1/s1. The average Bonchev–Trinajstić information content (AvgIpc) is 2.95. The fraction of sp³-hybridized carbons (Fsp3) is 0.579. The summed E-state index contributed by atoms with van der Waals surface area (Å²) < 4.78 is 7.38. The molecule has 6 nitrogen and oxygen atoms in total. The predicted octanol–water partition coefficient (Wildman–Crippen LogP) is 1.80. The summed E-state index contributed by atoms with van der Waals surface area (Å²) in [6.45, 7) is 0.638. The molecule has 0 unspecified atom stereocenters. The van der Waals surface area contributed by atoms with Gasteiger partial charge in [-0.3, -0.25) is 4.79 Å². The quantitative estimate of drug-likeness (QED) is 0.783. The van der Waals surface area contributed by atoms with Crippen molar-refractivity contribution in [2.75, 3.05) is 13.7 Å². The average molecular weight is 345 g/mol. The number of rotatable bonds is 6. The summed E-state index contributed by atoms with van der Waals surface area (Å²) in [5.74, 6) is 1.04. The Balaban J connectivity index is 1.46. The van der Waals surface area contributed by atoms with Crippen LogP contribution in [0.15, 0.2) is 24.3 Å².